The fraction of sp³-hybridized carbons (Fsp3) is 0.368. The van der Waals surface area contributed by atoms with Crippen LogP contribution in [0.1, 0.15) is 29.6 Å². The number of likely N-dealkylation sites (tertiary alicyclic amines) is 1. The molecule has 1 N–H and O–H groups in total. The average Bonchev–Trinajstić information content (AvgIpc) is 2.61. The normalized spacial score (nSPS) is 15.5. The average molecular weight is 345 g/mol. The summed E-state index contributed by atoms with van der Waals surface area (Å²) in [5.41, 5.74) is 0.748. The van der Waals surface area contributed by atoms with E-state index in [0.717, 1.165) is 29.2 Å². The molecule has 1 aliphatic rings. The van der Waals surface area contributed by atoms with E-state index in [1.165, 1.54) is 0 Å². The highest BCUT2D eigenvalue weighted by Crippen LogP contribution is 2.22. The molecule has 3 rings (SSSR count). The van der Waals surface area contributed by atoms with Gasteiger partial charge in [0.25, 0.3) is 5.91 Å². The number of carbonyl (C=O) groups is 2. The number of nitrogens with zero attached hydrogens (tertiary/aromatic N) is 1. The molecule has 0 bridgehead atoms. The molecule has 5 heteroatoms. The van der Waals surface area contributed by atoms with Crippen molar-refractivity contribution in [1.29, 1.82) is 0 Å². The van der Waals surface area contributed by atoms with Crippen molar-refractivity contribution in [3.8, 4) is 0 Å². The fourth-order valence-corrected chi connectivity index (χ4v) is 3.37. The monoisotopic (exact) mass is 344 g/mol. The molecule has 2 aromatic carbocycles. The van der Waals surface area contributed by atoms with Gasteiger partial charge in [0.15, 0.2) is 0 Å². The van der Waals surface area contributed by atoms with Crippen LogP contribution < -0.4 is 5.32 Å². The van der Waals surface area contributed by atoms with Crippen molar-refractivity contribution in [2.45, 2.75) is 25.3 Å². The quantitative estimate of drug-likeness (QED) is 0.866. The van der Waals surface area contributed by atoms with Gasteiger partial charge in [-0.2, -0.15) is 0 Å². The van der Waals surface area contributed by atoms with E-state index in [1.54, 1.807) is 0 Å². The predicted octanol–water partition coefficient (Wildman–Crippen LogP) is 3.19. The van der Waals surface area contributed by atoms with Gasteiger partial charge in [0.05, 0.1) is 0 Å². The van der Waals surface area contributed by atoms with Crippen LogP contribution >= 0.6 is 11.6 Å². The van der Waals surface area contributed by atoms with E-state index in [0.29, 0.717) is 25.4 Å². The van der Waals surface area contributed by atoms with Crippen LogP contribution in [0.2, 0.25) is 0 Å². The Morgan fingerprint density at radius 2 is 1.79 bits per heavy atom. The Kier molecular flexibility index (Phi) is 5.36. The number of benzene rings is 2. The number of rotatable bonds is 4. The molecule has 2 amide bonds. The third-order valence-corrected chi connectivity index (χ3v) is 4.68. The summed E-state index contributed by atoms with van der Waals surface area (Å²) in [4.78, 5) is 26.4. The first-order valence-corrected chi connectivity index (χ1v) is 8.85. The van der Waals surface area contributed by atoms with Gasteiger partial charge in [-0.15, -0.1) is 11.6 Å². The zero-order chi connectivity index (χ0) is 16.9. The molecule has 1 aliphatic heterocycles. The lowest BCUT2D eigenvalue weighted by atomic mass is 10.0. The molecule has 0 saturated carbocycles. The highest BCUT2D eigenvalue weighted by molar-refractivity contribution is 6.18. The second-order valence-electron chi connectivity index (χ2n) is 6.10. The molecule has 0 aliphatic carbocycles. The zero-order valence-electron chi connectivity index (χ0n) is 13.5. The molecule has 2 aromatic rings. The van der Waals surface area contributed by atoms with Crippen LogP contribution in [0.3, 0.4) is 0 Å². The minimum absolute atomic E-state index is 0.0103. The van der Waals surface area contributed by atoms with E-state index >= 15 is 0 Å². The van der Waals surface area contributed by atoms with Crippen LogP contribution in [0.25, 0.3) is 10.8 Å². The summed E-state index contributed by atoms with van der Waals surface area (Å²) in [7, 11) is 0. The molecule has 126 valence electrons. The minimum Gasteiger partial charge on any atom is -0.353 e. The van der Waals surface area contributed by atoms with Crippen molar-refractivity contribution in [2.24, 2.45) is 0 Å². The molecular weight excluding hydrogens is 324 g/mol. The summed E-state index contributed by atoms with van der Waals surface area (Å²) in [6, 6.07) is 13.9. The van der Waals surface area contributed by atoms with Crippen LogP contribution in [0.5, 0.6) is 0 Å². The molecule has 0 atom stereocenters. The maximum Gasteiger partial charge on any atom is 0.254 e. The van der Waals surface area contributed by atoms with Gasteiger partial charge in [0.2, 0.25) is 5.91 Å². The van der Waals surface area contributed by atoms with Gasteiger partial charge in [-0.25, -0.2) is 0 Å². The topological polar surface area (TPSA) is 49.4 Å². The van der Waals surface area contributed by atoms with Crippen LogP contribution in [-0.2, 0) is 4.79 Å². The summed E-state index contributed by atoms with van der Waals surface area (Å²) in [6.07, 6.45) is 1.91. The molecule has 0 aromatic heterocycles. The SMILES string of the molecule is O=C(CCCl)NC1CCN(C(=O)c2cccc3ccccc23)CC1. The van der Waals surface area contributed by atoms with Crippen LogP contribution in [0.15, 0.2) is 42.5 Å². The largest absolute Gasteiger partial charge is 0.353 e. The van der Waals surface area contributed by atoms with E-state index in [-0.39, 0.29) is 17.9 Å². The van der Waals surface area contributed by atoms with Crippen molar-refractivity contribution < 1.29 is 9.59 Å². The van der Waals surface area contributed by atoms with Gasteiger partial charge in [-0.3, -0.25) is 9.59 Å². The summed E-state index contributed by atoms with van der Waals surface area (Å²) in [6.45, 7) is 1.32. The molecule has 1 saturated heterocycles. The molecule has 0 unspecified atom stereocenters. The number of fused-ring (bicyclic) bond motifs is 1. The molecular formula is C19H21ClN2O2. The molecule has 1 fully saturated rings. The maximum atomic E-state index is 12.9. The summed E-state index contributed by atoms with van der Waals surface area (Å²) in [5, 5.41) is 5.05. The van der Waals surface area contributed by atoms with E-state index < -0.39 is 0 Å². The van der Waals surface area contributed by atoms with Crippen LogP contribution in [0, 0.1) is 0 Å². The third-order valence-electron chi connectivity index (χ3n) is 4.49. The molecule has 4 nitrogen and oxygen atoms in total. The second kappa shape index (κ2) is 7.67. The summed E-state index contributed by atoms with van der Waals surface area (Å²) in [5.74, 6) is 0.394. The first kappa shape index (κ1) is 16.8. The summed E-state index contributed by atoms with van der Waals surface area (Å²) >= 11 is 5.58. The van der Waals surface area contributed by atoms with E-state index in [1.807, 2.05) is 47.4 Å². The molecule has 0 spiro atoms. The highest BCUT2D eigenvalue weighted by atomic mass is 35.5. The number of hydrogen-bond acceptors (Lipinski definition) is 2. The van der Waals surface area contributed by atoms with Gasteiger partial charge in [-0.05, 0) is 29.7 Å². The van der Waals surface area contributed by atoms with Crippen molar-refractivity contribution in [2.75, 3.05) is 19.0 Å². The maximum absolute atomic E-state index is 12.9. The van der Waals surface area contributed by atoms with E-state index in [2.05, 4.69) is 5.32 Å². The summed E-state index contributed by atoms with van der Waals surface area (Å²) < 4.78 is 0. The van der Waals surface area contributed by atoms with Gasteiger partial charge in [0, 0.05) is 37.0 Å². The lowest BCUT2D eigenvalue weighted by Gasteiger charge is -2.32. The smallest absolute Gasteiger partial charge is 0.254 e. The number of piperidine rings is 1. The minimum atomic E-state index is -0.0103. The Hall–Kier alpha value is -2.07. The van der Waals surface area contributed by atoms with Crippen molar-refractivity contribution in [3.05, 3.63) is 48.0 Å². The van der Waals surface area contributed by atoms with Gasteiger partial charge < -0.3 is 10.2 Å². The van der Waals surface area contributed by atoms with Crippen molar-refractivity contribution in [3.63, 3.8) is 0 Å². The van der Waals surface area contributed by atoms with Gasteiger partial charge >= 0.3 is 0 Å². The third kappa shape index (κ3) is 3.70. The Morgan fingerprint density at radius 3 is 2.54 bits per heavy atom. The standard InChI is InChI=1S/C19H21ClN2O2/c20-11-8-18(23)21-15-9-12-22(13-10-15)19(24)17-7-3-5-14-4-1-2-6-16(14)17/h1-7,15H,8-13H2,(H,21,23). The van der Waals surface area contributed by atoms with Crippen molar-refractivity contribution in [1.82, 2.24) is 10.2 Å². The first-order valence-electron chi connectivity index (χ1n) is 8.31. The Labute approximate surface area is 146 Å². The second-order valence-corrected chi connectivity index (χ2v) is 6.48. The highest BCUT2D eigenvalue weighted by Gasteiger charge is 2.25. The number of alkyl halides is 1. The van der Waals surface area contributed by atoms with E-state index in [4.69, 9.17) is 11.6 Å². The molecule has 0 radical (unpaired) electrons. The number of nitrogens with one attached hydrogen (secondary N) is 1. The lowest BCUT2D eigenvalue weighted by Crippen LogP contribution is -2.46. The number of amides is 2. The Balaban J connectivity index is 1.66. The van der Waals surface area contributed by atoms with Gasteiger partial charge in [0.1, 0.15) is 0 Å². The predicted molar refractivity (Wildman–Crippen MR) is 96.4 cm³/mol. The van der Waals surface area contributed by atoms with Crippen LogP contribution in [-0.4, -0.2) is 41.7 Å². The van der Waals surface area contributed by atoms with Gasteiger partial charge in [-0.1, -0.05) is 36.4 Å². The number of halogens is 1. The first-order chi connectivity index (χ1) is 11.7. The zero-order valence-corrected chi connectivity index (χ0v) is 14.3. The Morgan fingerprint density at radius 1 is 1.08 bits per heavy atom. The van der Waals surface area contributed by atoms with Crippen molar-refractivity contribution >= 4 is 34.2 Å². The van der Waals surface area contributed by atoms with Crippen LogP contribution in [0.4, 0.5) is 0 Å². The Bertz CT molecular complexity index is 734. The number of carbonyl (C=O) groups excluding carboxylic acids is 2. The number of hydrogen-bond donors (Lipinski definition) is 1. The molecule has 24 heavy (non-hydrogen) atoms. The fourth-order valence-electron chi connectivity index (χ4n) is 3.19. The van der Waals surface area contributed by atoms with E-state index in [9.17, 15) is 9.59 Å². The molecule has 1 heterocycles. The lowest BCUT2D eigenvalue weighted by molar-refractivity contribution is -0.121.